The Balaban J connectivity index is 1.12. The number of nitrogens with zero attached hydrogens (tertiary/aromatic N) is 2. The maximum absolute atomic E-state index is 10.5. The quantitative estimate of drug-likeness (QED) is 0.678. The molecule has 0 bridgehead atoms. The third-order valence-electron chi connectivity index (χ3n) is 7.64. The number of aliphatic hydroxyl groups excluding tert-OH is 1. The van der Waals surface area contributed by atoms with Gasteiger partial charge in [-0.3, -0.25) is 4.90 Å². The van der Waals surface area contributed by atoms with E-state index in [9.17, 15) is 5.11 Å². The topological polar surface area (TPSA) is 57.2 Å². The van der Waals surface area contributed by atoms with Gasteiger partial charge in [-0.1, -0.05) is 12.5 Å². The van der Waals surface area contributed by atoms with Gasteiger partial charge in [0.1, 0.15) is 12.7 Å². The lowest BCUT2D eigenvalue weighted by Crippen LogP contribution is -2.51. The van der Waals surface area contributed by atoms with Crippen LogP contribution in [0.1, 0.15) is 37.7 Å². The monoisotopic (exact) mass is 415 g/mol. The highest BCUT2D eigenvalue weighted by molar-refractivity contribution is 5.43. The Hall–Kier alpha value is -1.34. The number of β-amino-alcohol motifs (C(OH)–C–C–N with tert-alkyl or cyclic N) is 1. The van der Waals surface area contributed by atoms with Crippen molar-refractivity contribution in [2.45, 2.75) is 50.3 Å². The molecule has 4 fully saturated rings. The van der Waals surface area contributed by atoms with E-state index in [0.717, 1.165) is 62.6 Å². The molecule has 1 aromatic rings. The van der Waals surface area contributed by atoms with E-state index in [-0.39, 0.29) is 0 Å². The molecule has 166 valence electrons. The van der Waals surface area contributed by atoms with Crippen LogP contribution in [0.4, 0.5) is 0 Å². The maximum Gasteiger partial charge on any atom is 0.161 e. The summed E-state index contributed by atoms with van der Waals surface area (Å²) in [6, 6.07) is 6.22. The number of piperazine rings is 1. The molecule has 2 aliphatic heterocycles. The van der Waals surface area contributed by atoms with Crippen molar-refractivity contribution in [1.82, 2.24) is 15.1 Å². The number of hydrogen-bond donors (Lipinski definition) is 2. The van der Waals surface area contributed by atoms with E-state index in [4.69, 9.17) is 9.47 Å². The SMILES string of the molecule is COc1cc(CN2CCNC3(CC3)C2)ccc1OCC(O)CN1C[C@H]2CCC[C@H]2C1. The predicted octanol–water partition coefficient (Wildman–Crippen LogP) is 2.10. The van der Waals surface area contributed by atoms with Crippen molar-refractivity contribution in [1.29, 1.82) is 0 Å². The van der Waals surface area contributed by atoms with Crippen molar-refractivity contribution in [2.24, 2.45) is 11.8 Å². The van der Waals surface area contributed by atoms with Crippen LogP contribution in [0, 0.1) is 11.8 Å². The molecule has 1 spiro atoms. The molecule has 5 rings (SSSR count). The number of aliphatic hydroxyl groups is 1. The average molecular weight is 416 g/mol. The summed E-state index contributed by atoms with van der Waals surface area (Å²) in [6.45, 7) is 7.56. The Labute approximate surface area is 180 Å². The number of methoxy groups -OCH3 is 1. The maximum atomic E-state index is 10.5. The first-order valence-corrected chi connectivity index (χ1v) is 11.8. The van der Waals surface area contributed by atoms with E-state index in [1.165, 1.54) is 37.7 Å². The number of benzene rings is 1. The molecule has 6 heteroatoms. The molecule has 30 heavy (non-hydrogen) atoms. The van der Waals surface area contributed by atoms with Crippen molar-refractivity contribution >= 4 is 0 Å². The molecule has 2 saturated carbocycles. The number of hydrogen-bond acceptors (Lipinski definition) is 6. The predicted molar refractivity (Wildman–Crippen MR) is 117 cm³/mol. The van der Waals surface area contributed by atoms with E-state index in [0.29, 0.717) is 18.7 Å². The molecule has 2 saturated heterocycles. The van der Waals surface area contributed by atoms with Crippen LogP contribution in [-0.2, 0) is 6.54 Å². The van der Waals surface area contributed by atoms with Crippen molar-refractivity contribution in [3.8, 4) is 11.5 Å². The van der Waals surface area contributed by atoms with E-state index >= 15 is 0 Å². The van der Waals surface area contributed by atoms with Crippen molar-refractivity contribution in [3.63, 3.8) is 0 Å². The minimum Gasteiger partial charge on any atom is -0.493 e. The highest BCUT2D eigenvalue weighted by atomic mass is 16.5. The van der Waals surface area contributed by atoms with Gasteiger partial charge in [-0.05, 0) is 55.2 Å². The second-order valence-electron chi connectivity index (χ2n) is 10.0. The third-order valence-corrected chi connectivity index (χ3v) is 7.64. The smallest absolute Gasteiger partial charge is 0.161 e. The molecule has 1 aromatic carbocycles. The third kappa shape index (κ3) is 4.62. The average Bonchev–Trinajstić information content (AvgIpc) is 3.14. The Kier molecular flexibility index (Phi) is 5.93. The largest absolute Gasteiger partial charge is 0.493 e. The Morgan fingerprint density at radius 2 is 1.97 bits per heavy atom. The Bertz CT molecular complexity index is 726. The lowest BCUT2D eigenvalue weighted by Gasteiger charge is -2.34. The zero-order valence-corrected chi connectivity index (χ0v) is 18.3. The first-order chi connectivity index (χ1) is 14.6. The van der Waals surface area contributed by atoms with Gasteiger partial charge in [-0.15, -0.1) is 0 Å². The van der Waals surface area contributed by atoms with Gasteiger partial charge >= 0.3 is 0 Å². The van der Waals surface area contributed by atoms with Gasteiger partial charge in [-0.25, -0.2) is 0 Å². The number of rotatable bonds is 8. The Morgan fingerprint density at radius 1 is 1.17 bits per heavy atom. The van der Waals surface area contributed by atoms with Gasteiger partial charge in [-0.2, -0.15) is 0 Å². The fraction of sp³-hybridized carbons (Fsp3) is 0.750. The summed E-state index contributed by atoms with van der Waals surface area (Å²) < 4.78 is 11.6. The van der Waals surface area contributed by atoms with Crippen LogP contribution in [0.15, 0.2) is 18.2 Å². The molecule has 0 amide bonds. The molecule has 2 heterocycles. The van der Waals surface area contributed by atoms with E-state index in [1.807, 2.05) is 6.07 Å². The molecule has 1 unspecified atom stereocenters. The van der Waals surface area contributed by atoms with Crippen molar-refractivity contribution < 1.29 is 14.6 Å². The minimum atomic E-state index is -0.469. The zero-order chi connectivity index (χ0) is 20.6. The van der Waals surface area contributed by atoms with Gasteiger partial charge in [0.25, 0.3) is 0 Å². The molecule has 2 N–H and O–H groups in total. The van der Waals surface area contributed by atoms with Crippen LogP contribution >= 0.6 is 0 Å². The van der Waals surface area contributed by atoms with Gasteiger partial charge < -0.3 is 24.8 Å². The number of likely N-dealkylation sites (tertiary alicyclic amines) is 1. The lowest BCUT2D eigenvalue weighted by molar-refractivity contribution is 0.0723. The van der Waals surface area contributed by atoms with Crippen LogP contribution in [-0.4, -0.2) is 79.5 Å². The summed E-state index contributed by atoms with van der Waals surface area (Å²) in [5.74, 6) is 3.19. The first kappa shape index (κ1) is 20.6. The molecule has 2 aliphatic carbocycles. The number of fused-ring (bicyclic) bond motifs is 1. The van der Waals surface area contributed by atoms with Crippen LogP contribution in [0.3, 0.4) is 0 Å². The fourth-order valence-corrected chi connectivity index (χ4v) is 5.87. The van der Waals surface area contributed by atoms with E-state index in [2.05, 4.69) is 27.2 Å². The minimum absolute atomic E-state index is 0.307. The second-order valence-corrected chi connectivity index (χ2v) is 10.0. The van der Waals surface area contributed by atoms with Gasteiger partial charge in [0.2, 0.25) is 0 Å². The van der Waals surface area contributed by atoms with Gasteiger partial charge in [0.15, 0.2) is 11.5 Å². The summed E-state index contributed by atoms with van der Waals surface area (Å²) in [4.78, 5) is 4.96. The summed E-state index contributed by atoms with van der Waals surface area (Å²) >= 11 is 0. The second kappa shape index (κ2) is 8.65. The molecule has 3 atom stereocenters. The fourth-order valence-electron chi connectivity index (χ4n) is 5.87. The molecule has 6 nitrogen and oxygen atoms in total. The van der Waals surface area contributed by atoms with E-state index in [1.54, 1.807) is 7.11 Å². The highest BCUT2D eigenvalue weighted by Crippen LogP contribution is 2.39. The van der Waals surface area contributed by atoms with Crippen molar-refractivity contribution in [3.05, 3.63) is 23.8 Å². The van der Waals surface area contributed by atoms with Crippen molar-refractivity contribution in [2.75, 3.05) is 53.0 Å². The summed E-state index contributed by atoms with van der Waals surface area (Å²) in [5.41, 5.74) is 1.65. The molecule has 0 radical (unpaired) electrons. The highest BCUT2D eigenvalue weighted by Gasteiger charge is 2.45. The Morgan fingerprint density at radius 3 is 2.70 bits per heavy atom. The van der Waals surface area contributed by atoms with E-state index < -0.39 is 6.10 Å². The zero-order valence-electron chi connectivity index (χ0n) is 18.3. The van der Waals surface area contributed by atoms with Gasteiger partial charge in [0, 0.05) is 51.4 Å². The molecular weight excluding hydrogens is 378 g/mol. The van der Waals surface area contributed by atoms with Gasteiger partial charge in [0.05, 0.1) is 7.11 Å². The summed E-state index contributed by atoms with van der Waals surface area (Å²) in [7, 11) is 1.69. The van der Waals surface area contributed by atoms with Crippen LogP contribution < -0.4 is 14.8 Å². The number of nitrogens with one attached hydrogen (secondary N) is 1. The standard InChI is InChI=1S/C24H37N3O3/c1-29-23-11-18(12-26-10-9-25-24(17-26)7-8-24)5-6-22(23)30-16-21(28)15-27-13-19-3-2-4-20(19)14-27/h5-6,11,19-21,25,28H,2-4,7-10,12-17H2,1H3/t19-,20+,21?. The first-order valence-electron chi connectivity index (χ1n) is 11.8. The molecule has 4 aliphatic rings. The molecular formula is C24H37N3O3. The normalized spacial score (nSPS) is 29.1. The van der Waals surface area contributed by atoms with Crippen LogP contribution in [0.25, 0.3) is 0 Å². The lowest BCUT2D eigenvalue weighted by atomic mass is 10.0. The van der Waals surface area contributed by atoms with Crippen LogP contribution in [0.2, 0.25) is 0 Å². The molecule has 0 aromatic heterocycles. The number of ether oxygens (including phenoxy) is 2. The summed E-state index contributed by atoms with van der Waals surface area (Å²) in [5, 5.41) is 14.2. The van der Waals surface area contributed by atoms with Crippen LogP contribution in [0.5, 0.6) is 11.5 Å². The summed E-state index contributed by atoms with van der Waals surface area (Å²) in [6.07, 6.45) is 6.27.